The number of halogens is 1. The fourth-order valence-corrected chi connectivity index (χ4v) is 5.01. The maximum Gasteiger partial charge on any atom is 0.268 e. The number of H-pyrrole nitrogens is 1. The number of fused-ring (bicyclic) bond motifs is 3. The summed E-state index contributed by atoms with van der Waals surface area (Å²) in [4.78, 5) is 18.7. The molecule has 1 aliphatic rings. The van der Waals surface area contributed by atoms with Crippen LogP contribution in [0.5, 0.6) is 0 Å². The fraction of sp³-hybridized carbons (Fsp3) is 0.0741. The van der Waals surface area contributed by atoms with Crippen LogP contribution in [0.4, 0.5) is 5.69 Å². The first kappa shape index (κ1) is 19.1. The molecule has 0 radical (unpaired) electrons. The summed E-state index contributed by atoms with van der Waals surface area (Å²) in [5, 5.41) is 15.5. The highest BCUT2D eigenvalue weighted by Gasteiger charge is 2.52. The average Bonchev–Trinajstić information content (AvgIpc) is 3.34. The predicted octanol–water partition coefficient (Wildman–Crippen LogP) is 5.76. The van der Waals surface area contributed by atoms with E-state index in [-0.39, 0.29) is 5.91 Å². The van der Waals surface area contributed by atoms with Crippen LogP contribution < -0.4 is 4.90 Å². The van der Waals surface area contributed by atoms with Crippen molar-refractivity contribution in [3.05, 3.63) is 113 Å². The maximum atomic E-state index is 13.9. The van der Waals surface area contributed by atoms with Gasteiger partial charge in [-0.1, -0.05) is 72.3 Å². The molecule has 156 valence electrons. The Morgan fingerprint density at radius 1 is 0.875 bits per heavy atom. The van der Waals surface area contributed by atoms with Crippen LogP contribution in [-0.4, -0.2) is 16.0 Å². The van der Waals surface area contributed by atoms with E-state index in [1.54, 1.807) is 23.2 Å². The summed E-state index contributed by atoms with van der Waals surface area (Å²) in [5.74, 6) is -0.382. The number of nitrogens with one attached hydrogen (secondary N) is 1. The molecule has 0 saturated heterocycles. The van der Waals surface area contributed by atoms with Crippen LogP contribution in [0.2, 0.25) is 5.02 Å². The largest absolute Gasteiger partial charge is 0.372 e. The molecule has 32 heavy (non-hydrogen) atoms. The summed E-state index contributed by atoms with van der Waals surface area (Å²) in [5.41, 5.74) is 1.74. The van der Waals surface area contributed by atoms with Gasteiger partial charge in [-0.15, -0.1) is 0 Å². The van der Waals surface area contributed by atoms with Gasteiger partial charge in [0, 0.05) is 33.2 Å². The predicted molar refractivity (Wildman–Crippen MR) is 128 cm³/mol. The minimum Gasteiger partial charge on any atom is -0.372 e. The zero-order chi connectivity index (χ0) is 21.9. The number of para-hydroxylation sites is 1. The van der Waals surface area contributed by atoms with E-state index in [0.29, 0.717) is 28.4 Å². The molecule has 5 aromatic rings. The van der Waals surface area contributed by atoms with Gasteiger partial charge in [-0.2, -0.15) is 0 Å². The summed E-state index contributed by atoms with van der Waals surface area (Å²) in [7, 11) is 0. The Kier molecular flexibility index (Phi) is 4.15. The summed E-state index contributed by atoms with van der Waals surface area (Å²) in [6.45, 7) is 0.347. The lowest BCUT2D eigenvalue weighted by atomic mass is 9.87. The van der Waals surface area contributed by atoms with Crippen molar-refractivity contribution in [2.75, 3.05) is 4.90 Å². The van der Waals surface area contributed by atoms with Crippen LogP contribution in [0.15, 0.2) is 91.1 Å². The Hall–Kier alpha value is -3.60. The first-order valence-electron chi connectivity index (χ1n) is 10.4. The topological polar surface area (TPSA) is 56.3 Å². The van der Waals surface area contributed by atoms with Gasteiger partial charge >= 0.3 is 0 Å². The van der Waals surface area contributed by atoms with Crippen molar-refractivity contribution in [3.8, 4) is 0 Å². The molecule has 0 aliphatic carbocycles. The monoisotopic (exact) mass is 438 g/mol. The van der Waals surface area contributed by atoms with Crippen LogP contribution in [0, 0.1) is 0 Å². The first-order chi connectivity index (χ1) is 15.6. The number of carbonyl (C=O) groups excluding carboxylic acids is 1. The number of amides is 1. The van der Waals surface area contributed by atoms with Crippen LogP contribution >= 0.6 is 11.6 Å². The van der Waals surface area contributed by atoms with E-state index in [4.69, 9.17) is 11.6 Å². The van der Waals surface area contributed by atoms with Crippen LogP contribution in [0.3, 0.4) is 0 Å². The molecule has 0 bridgehead atoms. The van der Waals surface area contributed by atoms with Crippen molar-refractivity contribution in [2.45, 2.75) is 12.1 Å². The molecule has 5 heteroatoms. The van der Waals surface area contributed by atoms with Crippen LogP contribution in [0.25, 0.3) is 21.7 Å². The van der Waals surface area contributed by atoms with Gasteiger partial charge in [0.05, 0.1) is 12.2 Å². The number of nitrogens with zero attached hydrogens (tertiary/aromatic N) is 1. The zero-order valence-corrected chi connectivity index (χ0v) is 17.8. The van der Waals surface area contributed by atoms with Crippen LogP contribution in [-0.2, 0) is 16.9 Å². The zero-order valence-electron chi connectivity index (χ0n) is 17.0. The second-order valence-corrected chi connectivity index (χ2v) is 8.59. The normalized spacial score (nSPS) is 17.9. The molecule has 2 heterocycles. The number of hydrogen-bond donors (Lipinski definition) is 2. The van der Waals surface area contributed by atoms with Crippen molar-refractivity contribution in [2.24, 2.45) is 0 Å². The molecular formula is C27H19ClN2O2. The molecule has 1 amide bonds. The molecule has 6 rings (SSSR count). The number of carbonyl (C=O) groups is 1. The molecule has 0 fully saturated rings. The number of aromatic amines is 1. The van der Waals surface area contributed by atoms with Gasteiger partial charge < -0.3 is 15.0 Å². The first-order valence-corrected chi connectivity index (χ1v) is 10.8. The lowest BCUT2D eigenvalue weighted by Gasteiger charge is -2.23. The Morgan fingerprint density at radius 3 is 2.50 bits per heavy atom. The van der Waals surface area contributed by atoms with E-state index in [2.05, 4.69) is 23.2 Å². The third-order valence-corrected chi connectivity index (χ3v) is 6.62. The van der Waals surface area contributed by atoms with Gasteiger partial charge in [0.2, 0.25) is 0 Å². The van der Waals surface area contributed by atoms with Crippen molar-refractivity contribution in [1.29, 1.82) is 0 Å². The third kappa shape index (κ3) is 2.63. The Bertz CT molecular complexity index is 1520. The Balaban J connectivity index is 1.54. The van der Waals surface area contributed by atoms with Gasteiger partial charge in [0.1, 0.15) is 0 Å². The number of aromatic nitrogens is 1. The Morgan fingerprint density at radius 2 is 1.62 bits per heavy atom. The number of hydrogen-bond acceptors (Lipinski definition) is 2. The number of anilines is 1. The summed E-state index contributed by atoms with van der Waals surface area (Å²) in [6.07, 6.45) is 1.72. The molecule has 2 N–H and O–H groups in total. The van der Waals surface area contributed by atoms with Crippen molar-refractivity contribution >= 4 is 44.9 Å². The van der Waals surface area contributed by atoms with Gasteiger partial charge in [-0.3, -0.25) is 4.79 Å². The van der Waals surface area contributed by atoms with E-state index < -0.39 is 5.60 Å². The standard InChI is InChI=1S/C27H19ClN2O2/c28-19-12-13-25-22(14-19)27(32,23-15-29-24-11-4-3-10-21(23)24)26(31)30(25)16-18-8-5-7-17-6-1-2-9-20(17)18/h1-15,29,32H,16H2/t27-/m1/s1. The van der Waals surface area contributed by atoms with E-state index in [1.807, 2.05) is 54.6 Å². The van der Waals surface area contributed by atoms with E-state index in [1.165, 1.54) is 0 Å². The summed E-state index contributed by atoms with van der Waals surface area (Å²) >= 11 is 6.32. The average molecular weight is 439 g/mol. The lowest BCUT2D eigenvalue weighted by molar-refractivity contribution is -0.132. The maximum absolute atomic E-state index is 13.9. The number of aliphatic hydroxyl groups is 1. The lowest BCUT2D eigenvalue weighted by Crippen LogP contribution is -2.40. The second kappa shape index (κ2) is 6.95. The van der Waals surface area contributed by atoms with Gasteiger partial charge in [-0.05, 0) is 40.6 Å². The molecule has 0 unspecified atom stereocenters. The van der Waals surface area contributed by atoms with Gasteiger partial charge in [0.15, 0.2) is 5.60 Å². The molecule has 1 aliphatic heterocycles. The van der Waals surface area contributed by atoms with E-state index in [9.17, 15) is 9.90 Å². The molecule has 1 aromatic heterocycles. The molecule has 4 nitrogen and oxygen atoms in total. The highest BCUT2D eigenvalue weighted by atomic mass is 35.5. The third-order valence-electron chi connectivity index (χ3n) is 6.38. The van der Waals surface area contributed by atoms with E-state index >= 15 is 0 Å². The van der Waals surface area contributed by atoms with Gasteiger partial charge in [0.25, 0.3) is 5.91 Å². The van der Waals surface area contributed by atoms with Crippen molar-refractivity contribution < 1.29 is 9.90 Å². The number of benzene rings is 4. The molecule has 4 aromatic carbocycles. The molecular weight excluding hydrogens is 420 g/mol. The SMILES string of the molecule is O=C1N(Cc2cccc3ccccc23)c2ccc(Cl)cc2[C@@]1(O)c1c[nH]c2ccccc12. The van der Waals surface area contributed by atoms with Gasteiger partial charge in [-0.25, -0.2) is 0 Å². The van der Waals surface area contributed by atoms with Crippen molar-refractivity contribution in [3.63, 3.8) is 0 Å². The minimum absolute atomic E-state index is 0.347. The highest BCUT2D eigenvalue weighted by Crippen LogP contribution is 2.48. The smallest absolute Gasteiger partial charge is 0.268 e. The molecule has 0 saturated carbocycles. The molecule has 1 atom stereocenters. The van der Waals surface area contributed by atoms with E-state index in [0.717, 1.165) is 27.2 Å². The summed E-state index contributed by atoms with van der Waals surface area (Å²) < 4.78 is 0. The molecule has 0 spiro atoms. The quantitative estimate of drug-likeness (QED) is 0.376. The fourth-order valence-electron chi connectivity index (χ4n) is 4.84. The number of rotatable bonds is 3. The van der Waals surface area contributed by atoms with Crippen molar-refractivity contribution in [1.82, 2.24) is 4.98 Å². The second-order valence-electron chi connectivity index (χ2n) is 8.15. The van der Waals surface area contributed by atoms with Crippen LogP contribution in [0.1, 0.15) is 16.7 Å². The highest BCUT2D eigenvalue weighted by molar-refractivity contribution is 6.31. The Labute approximate surface area is 189 Å². The summed E-state index contributed by atoms with van der Waals surface area (Å²) in [6, 6.07) is 27.1. The minimum atomic E-state index is -1.83.